The zero-order chi connectivity index (χ0) is 22.9. The van der Waals surface area contributed by atoms with Gasteiger partial charge in [-0.15, -0.1) is 0 Å². The fourth-order valence-corrected chi connectivity index (χ4v) is 4.34. The highest BCUT2D eigenvalue weighted by Crippen LogP contribution is 2.19. The minimum Gasteiger partial charge on any atom is -0.341 e. The number of halogens is 1. The fraction of sp³-hybridized carbons (Fsp3) is 0.423. The van der Waals surface area contributed by atoms with Gasteiger partial charge in [-0.1, -0.05) is 47.1 Å². The Morgan fingerprint density at radius 3 is 2.58 bits per heavy atom. The molecule has 4 rings (SSSR count). The number of hydrogen-bond acceptors (Lipinski definition) is 5. The first-order valence-corrected chi connectivity index (χ1v) is 12.2. The minimum absolute atomic E-state index is 0.221. The van der Waals surface area contributed by atoms with Crippen LogP contribution >= 0.6 is 11.6 Å². The Hall–Kier alpha value is -2.70. The van der Waals surface area contributed by atoms with E-state index in [-0.39, 0.29) is 5.91 Å². The third kappa shape index (κ3) is 7.14. The molecular weight excluding hydrogens is 436 g/mol. The molecule has 1 fully saturated rings. The summed E-state index contributed by atoms with van der Waals surface area (Å²) in [5.74, 6) is 1.33. The Morgan fingerprint density at radius 1 is 0.939 bits per heavy atom. The Labute approximate surface area is 200 Å². The van der Waals surface area contributed by atoms with Gasteiger partial charge in [-0.25, -0.2) is 0 Å². The van der Waals surface area contributed by atoms with Crippen molar-refractivity contribution in [3.8, 4) is 11.4 Å². The second-order valence-electron chi connectivity index (χ2n) is 8.54. The molecule has 0 N–H and O–H groups in total. The lowest BCUT2D eigenvalue weighted by Crippen LogP contribution is -2.35. The number of aromatic nitrogens is 2. The molecule has 0 spiro atoms. The minimum atomic E-state index is 0.221. The highest BCUT2D eigenvalue weighted by Gasteiger charge is 2.19. The molecule has 1 aliphatic rings. The normalized spacial score (nSPS) is 14.9. The lowest BCUT2D eigenvalue weighted by molar-refractivity contribution is -0.131. The summed E-state index contributed by atoms with van der Waals surface area (Å²) in [7, 11) is 0. The first-order chi connectivity index (χ1) is 16.2. The maximum atomic E-state index is 12.7. The van der Waals surface area contributed by atoms with Crippen LogP contribution in [0.2, 0.25) is 5.02 Å². The summed E-state index contributed by atoms with van der Waals surface area (Å²) in [5.41, 5.74) is 2.26. The molecule has 6 nitrogen and oxygen atoms in total. The molecule has 1 aliphatic heterocycles. The topological polar surface area (TPSA) is 62.5 Å². The van der Waals surface area contributed by atoms with E-state index >= 15 is 0 Å². The lowest BCUT2D eigenvalue weighted by atomic mass is 10.1. The monoisotopic (exact) mass is 466 g/mol. The van der Waals surface area contributed by atoms with Gasteiger partial charge in [-0.2, -0.15) is 4.98 Å². The van der Waals surface area contributed by atoms with Crippen LogP contribution in [0.3, 0.4) is 0 Å². The third-order valence-corrected chi connectivity index (χ3v) is 6.33. The van der Waals surface area contributed by atoms with Crippen molar-refractivity contribution in [2.24, 2.45) is 0 Å². The zero-order valence-corrected chi connectivity index (χ0v) is 19.7. The number of benzene rings is 2. The predicted molar refractivity (Wildman–Crippen MR) is 130 cm³/mol. The summed E-state index contributed by atoms with van der Waals surface area (Å²) in [5, 5.41) is 4.71. The summed E-state index contributed by atoms with van der Waals surface area (Å²) in [6, 6.07) is 18.0. The van der Waals surface area contributed by atoms with Gasteiger partial charge in [0.2, 0.25) is 17.6 Å². The van der Waals surface area contributed by atoms with Gasteiger partial charge in [0.25, 0.3) is 0 Å². The SMILES string of the molecule is O=C(CCCc1nc(-c2ccc(Cl)cc2)no1)N1CCCN(CCCc2ccccc2)CC1. The number of rotatable bonds is 9. The van der Waals surface area contributed by atoms with Crippen molar-refractivity contribution in [1.82, 2.24) is 19.9 Å². The van der Waals surface area contributed by atoms with Crippen molar-refractivity contribution in [2.75, 3.05) is 32.7 Å². The molecule has 0 saturated carbocycles. The summed E-state index contributed by atoms with van der Waals surface area (Å²) in [4.78, 5) is 21.7. The second kappa shape index (κ2) is 12.0. The number of carbonyl (C=O) groups excluding carboxylic acids is 1. The Kier molecular flexibility index (Phi) is 8.50. The highest BCUT2D eigenvalue weighted by molar-refractivity contribution is 6.30. The molecule has 3 aromatic rings. The molecule has 0 aliphatic carbocycles. The summed E-state index contributed by atoms with van der Waals surface area (Å²) >= 11 is 5.93. The molecule has 1 amide bonds. The molecule has 0 unspecified atom stereocenters. The number of carbonyl (C=O) groups is 1. The average Bonchev–Trinajstić information content (AvgIpc) is 3.17. The smallest absolute Gasteiger partial charge is 0.226 e. The van der Waals surface area contributed by atoms with Crippen molar-refractivity contribution in [1.29, 1.82) is 0 Å². The third-order valence-electron chi connectivity index (χ3n) is 6.08. The van der Waals surface area contributed by atoms with Crippen LogP contribution in [0.4, 0.5) is 0 Å². The van der Waals surface area contributed by atoms with E-state index in [0.717, 1.165) is 57.5 Å². The van der Waals surface area contributed by atoms with Crippen molar-refractivity contribution >= 4 is 17.5 Å². The van der Waals surface area contributed by atoms with Crippen LogP contribution < -0.4 is 0 Å². The molecule has 7 heteroatoms. The molecule has 1 aromatic heterocycles. The second-order valence-corrected chi connectivity index (χ2v) is 8.97. The quantitative estimate of drug-likeness (QED) is 0.449. The van der Waals surface area contributed by atoms with Gasteiger partial charge in [0.1, 0.15) is 0 Å². The zero-order valence-electron chi connectivity index (χ0n) is 19.0. The summed E-state index contributed by atoms with van der Waals surface area (Å²) in [6.45, 7) is 4.76. The average molecular weight is 467 g/mol. The van der Waals surface area contributed by atoms with Crippen molar-refractivity contribution < 1.29 is 9.32 Å². The Bertz CT molecular complexity index is 1010. The molecule has 0 atom stereocenters. The molecule has 2 heterocycles. The summed E-state index contributed by atoms with van der Waals surface area (Å²) in [6.07, 6.45) is 5.11. The van der Waals surface area contributed by atoms with E-state index in [0.29, 0.717) is 36.0 Å². The van der Waals surface area contributed by atoms with Crippen LogP contribution in [0, 0.1) is 0 Å². The Morgan fingerprint density at radius 2 is 1.76 bits per heavy atom. The van der Waals surface area contributed by atoms with E-state index in [1.54, 1.807) is 12.1 Å². The van der Waals surface area contributed by atoms with Crippen LogP contribution in [0.5, 0.6) is 0 Å². The van der Waals surface area contributed by atoms with Gasteiger partial charge < -0.3 is 14.3 Å². The molecule has 1 saturated heterocycles. The lowest BCUT2D eigenvalue weighted by Gasteiger charge is -2.22. The van der Waals surface area contributed by atoms with Crippen molar-refractivity contribution in [3.05, 3.63) is 71.1 Å². The molecular formula is C26H31ClN4O2. The number of aryl methyl sites for hydroxylation is 2. The van der Waals surface area contributed by atoms with Gasteiger partial charge in [0.05, 0.1) is 0 Å². The Balaban J connectivity index is 1.16. The van der Waals surface area contributed by atoms with E-state index in [1.807, 2.05) is 17.0 Å². The predicted octanol–water partition coefficient (Wildman–Crippen LogP) is 4.88. The van der Waals surface area contributed by atoms with Crippen molar-refractivity contribution in [2.45, 2.75) is 38.5 Å². The van der Waals surface area contributed by atoms with Crippen molar-refractivity contribution in [3.63, 3.8) is 0 Å². The van der Waals surface area contributed by atoms with Crippen LogP contribution in [-0.4, -0.2) is 58.6 Å². The number of nitrogens with zero attached hydrogens (tertiary/aromatic N) is 4. The van der Waals surface area contributed by atoms with E-state index in [4.69, 9.17) is 16.1 Å². The van der Waals surface area contributed by atoms with Crippen LogP contribution in [-0.2, 0) is 17.6 Å². The van der Waals surface area contributed by atoms with Gasteiger partial charge in [0.15, 0.2) is 0 Å². The van der Waals surface area contributed by atoms with Crippen LogP contribution in [0.25, 0.3) is 11.4 Å². The van der Waals surface area contributed by atoms with E-state index in [2.05, 4.69) is 45.4 Å². The first kappa shape index (κ1) is 23.5. The fourth-order valence-electron chi connectivity index (χ4n) is 4.22. The summed E-state index contributed by atoms with van der Waals surface area (Å²) < 4.78 is 5.35. The number of amides is 1. The van der Waals surface area contributed by atoms with Gasteiger partial charge in [0, 0.05) is 43.1 Å². The van der Waals surface area contributed by atoms with Crippen LogP contribution in [0.1, 0.15) is 37.1 Å². The molecule has 33 heavy (non-hydrogen) atoms. The van der Waals surface area contributed by atoms with Gasteiger partial charge >= 0.3 is 0 Å². The van der Waals surface area contributed by atoms with Crippen LogP contribution in [0.15, 0.2) is 59.1 Å². The standard InChI is InChI=1S/C26H31ClN4O2/c27-23-14-12-22(13-15-23)26-28-24(33-29-26)10-4-11-25(32)31-18-6-17-30(19-20-31)16-5-9-21-7-2-1-3-8-21/h1-3,7-8,12-15H,4-6,9-11,16-20H2. The van der Waals surface area contributed by atoms with E-state index < -0.39 is 0 Å². The molecule has 0 radical (unpaired) electrons. The molecule has 174 valence electrons. The molecule has 0 bridgehead atoms. The van der Waals surface area contributed by atoms with E-state index in [1.165, 1.54) is 5.56 Å². The van der Waals surface area contributed by atoms with E-state index in [9.17, 15) is 4.79 Å². The largest absolute Gasteiger partial charge is 0.341 e. The van der Waals surface area contributed by atoms with Gasteiger partial charge in [-0.05, 0) is 68.6 Å². The number of hydrogen-bond donors (Lipinski definition) is 0. The van der Waals surface area contributed by atoms with Gasteiger partial charge in [-0.3, -0.25) is 4.79 Å². The maximum Gasteiger partial charge on any atom is 0.226 e. The maximum absolute atomic E-state index is 12.7. The first-order valence-electron chi connectivity index (χ1n) is 11.8. The highest BCUT2D eigenvalue weighted by atomic mass is 35.5. The molecule has 2 aromatic carbocycles.